The predicted octanol–water partition coefficient (Wildman–Crippen LogP) is 5.15. The number of thiophene rings is 1. The molecule has 140 valence electrons. The Morgan fingerprint density at radius 2 is 2.22 bits per heavy atom. The first kappa shape index (κ1) is 18.0. The first-order chi connectivity index (χ1) is 13.1. The van der Waals surface area contributed by atoms with Crippen LogP contribution in [0, 0.1) is 0 Å². The summed E-state index contributed by atoms with van der Waals surface area (Å²) in [6, 6.07) is 11.3. The van der Waals surface area contributed by atoms with E-state index < -0.39 is 0 Å². The lowest BCUT2D eigenvalue weighted by Gasteiger charge is -2.36. The summed E-state index contributed by atoms with van der Waals surface area (Å²) >= 11 is 1.61. The van der Waals surface area contributed by atoms with Gasteiger partial charge in [-0.2, -0.15) is 0 Å². The largest absolute Gasteiger partial charge is 0.383 e. The summed E-state index contributed by atoms with van der Waals surface area (Å²) in [5.74, 6) is 0.569. The molecule has 1 aliphatic heterocycles. The number of hydrogen-bond acceptors (Lipinski definition) is 3. The lowest BCUT2D eigenvalue weighted by Crippen LogP contribution is -2.40. The van der Waals surface area contributed by atoms with Gasteiger partial charge in [-0.25, -0.2) is 4.99 Å². The third-order valence-corrected chi connectivity index (χ3v) is 6.51. The number of rotatable bonds is 4. The molecule has 4 nitrogen and oxygen atoms in total. The number of nitrogens with one attached hydrogen (secondary N) is 1. The Balaban J connectivity index is 1.73. The molecule has 2 unspecified atom stereocenters. The van der Waals surface area contributed by atoms with Gasteiger partial charge in [-0.3, -0.25) is 4.90 Å². The number of likely N-dealkylation sites (N-methyl/N-ethyl adjacent to an activating group) is 1. The first-order valence-corrected chi connectivity index (χ1v) is 10.4. The van der Waals surface area contributed by atoms with Crippen molar-refractivity contribution in [1.29, 1.82) is 0 Å². The molecule has 27 heavy (non-hydrogen) atoms. The van der Waals surface area contributed by atoms with E-state index in [1.807, 2.05) is 23.6 Å². The van der Waals surface area contributed by atoms with Gasteiger partial charge in [0.1, 0.15) is 5.84 Å². The molecule has 5 heteroatoms. The van der Waals surface area contributed by atoms with E-state index in [1.54, 1.807) is 11.3 Å². The summed E-state index contributed by atoms with van der Waals surface area (Å²) < 4.78 is 0. The van der Waals surface area contributed by atoms with Crippen molar-refractivity contribution in [2.75, 3.05) is 7.05 Å². The summed E-state index contributed by atoms with van der Waals surface area (Å²) in [6.07, 6.45) is 6.77. The van der Waals surface area contributed by atoms with Gasteiger partial charge in [0.25, 0.3) is 0 Å². The number of hydrogen-bond donors (Lipinski definition) is 2. The highest BCUT2D eigenvalue weighted by Gasteiger charge is 2.25. The maximum Gasteiger partial charge on any atom is 0.141 e. The second-order valence-electron chi connectivity index (χ2n) is 7.27. The van der Waals surface area contributed by atoms with E-state index in [4.69, 9.17) is 5.73 Å². The average molecular weight is 379 g/mol. The minimum Gasteiger partial charge on any atom is -0.383 e. The quantitative estimate of drug-likeness (QED) is 0.487. The van der Waals surface area contributed by atoms with Crippen LogP contribution in [-0.4, -0.2) is 34.9 Å². The van der Waals surface area contributed by atoms with E-state index in [0.717, 1.165) is 28.9 Å². The van der Waals surface area contributed by atoms with Crippen LogP contribution in [0.25, 0.3) is 16.5 Å². The molecule has 0 amide bonds. The van der Waals surface area contributed by atoms with Gasteiger partial charge in [-0.1, -0.05) is 19.1 Å². The Morgan fingerprint density at radius 3 is 2.96 bits per heavy atom. The van der Waals surface area contributed by atoms with Gasteiger partial charge in [0.05, 0.1) is 10.6 Å². The summed E-state index contributed by atoms with van der Waals surface area (Å²) in [6.45, 7) is 4.54. The molecule has 0 fully saturated rings. The number of aromatic nitrogens is 1. The van der Waals surface area contributed by atoms with Crippen LogP contribution in [0.2, 0.25) is 0 Å². The molecule has 0 saturated heterocycles. The molecule has 3 heterocycles. The minimum absolute atomic E-state index is 0.444. The molecular weight excluding hydrogens is 352 g/mol. The molecule has 4 rings (SSSR count). The Bertz CT molecular complexity index is 997. The highest BCUT2D eigenvalue weighted by atomic mass is 32.1. The van der Waals surface area contributed by atoms with Crippen molar-refractivity contribution in [3.8, 4) is 0 Å². The van der Waals surface area contributed by atoms with Crippen molar-refractivity contribution < 1.29 is 0 Å². The normalized spacial score (nSPS) is 21.6. The van der Waals surface area contributed by atoms with Gasteiger partial charge in [0.2, 0.25) is 0 Å². The molecule has 2 atom stereocenters. The smallest absolute Gasteiger partial charge is 0.141 e. The summed E-state index contributed by atoms with van der Waals surface area (Å²) in [5.41, 5.74) is 10.9. The first-order valence-electron chi connectivity index (χ1n) is 9.49. The van der Waals surface area contributed by atoms with Crippen molar-refractivity contribution in [2.45, 2.75) is 38.8 Å². The Kier molecular flexibility index (Phi) is 4.89. The molecule has 0 saturated carbocycles. The van der Waals surface area contributed by atoms with Gasteiger partial charge in [-0.05, 0) is 62.0 Å². The topological polar surface area (TPSA) is 57.4 Å². The van der Waals surface area contributed by atoms with E-state index in [-0.39, 0.29) is 0 Å². The van der Waals surface area contributed by atoms with Crippen molar-refractivity contribution in [3.63, 3.8) is 0 Å². The Hall–Kier alpha value is -2.37. The van der Waals surface area contributed by atoms with Crippen LogP contribution in [0.3, 0.4) is 0 Å². The zero-order chi connectivity index (χ0) is 19.0. The van der Waals surface area contributed by atoms with E-state index >= 15 is 0 Å². The van der Waals surface area contributed by atoms with Gasteiger partial charge < -0.3 is 10.7 Å². The third-order valence-electron chi connectivity index (χ3n) is 5.62. The van der Waals surface area contributed by atoms with E-state index in [1.165, 1.54) is 16.5 Å². The predicted molar refractivity (Wildman–Crippen MR) is 117 cm³/mol. The molecule has 1 aromatic carbocycles. The summed E-state index contributed by atoms with van der Waals surface area (Å²) in [7, 11) is 2.22. The van der Waals surface area contributed by atoms with Crippen LogP contribution in [-0.2, 0) is 0 Å². The third kappa shape index (κ3) is 3.45. The minimum atomic E-state index is 0.444. The lowest BCUT2D eigenvalue weighted by atomic mass is 9.90. The molecular formula is C22H26N4S. The monoisotopic (exact) mass is 378 g/mol. The molecule has 0 aliphatic carbocycles. The van der Waals surface area contributed by atoms with Gasteiger partial charge >= 0.3 is 0 Å². The summed E-state index contributed by atoms with van der Waals surface area (Å²) in [4.78, 5) is 11.5. The van der Waals surface area contributed by atoms with Crippen molar-refractivity contribution in [1.82, 2.24) is 9.88 Å². The maximum absolute atomic E-state index is 6.18. The second kappa shape index (κ2) is 7.33. The highest BCUT2D eigenvalue weighted by Crippen LogP contribution is 2.35. The lowest BCUT2D eigenvalue weighted by molar-refractivity contribution is 0.200. The number of benzene rings is 1. The van der Waals surface area contributed by atoms with Crippen LogP contribution in [0.1, 0.15) is 37.1 Å². The van der Waals surface area contributed by atoms with Gasteiger partial charge in [-0.15, -0.1) is 11.3 Å². The molecule has 3 N–H and O–H groups in total. The fourth-order valence-electron chi connectivity index (χ4n) is 3.90. The number of fused-ring (bicyclic) bond motifs is 1. The number of nitrogens with two attached hydrogens (primary N) is 1. The molecule has 2 aromatic heterocycles. The zero-order valence-electron chi connectivity index (χ0n) is 16.1. The molecule has 0 bridgehead atoms. The van der Waals surface area contributed by atoms with Crippen molar-refractivity contribution in [3.05, 3.63) is 58.4 Å². The number of aromatic amines is 1. The number of amidine groups is 1. The van der Waals surface area contributed by atoms with Crippen LogP contribution in [0.15, 0.2) is 53.0 Å². The van der Waals surface area contributed by atoms with Gasteiger partial charge in [0, 0.05) is 34.7 Å². The van der Waals surface area contributed by atoms with Crippen LogP contribution in [0.4, 0.5) is 5.69 Å². The standard InChI is InChI=1S/C22H26N4S/c1-4-17-11-15(10-14(2)26(17)3)19-13-24-20-8-7-16(12-18(19)20)25-22(23)21-6-5-9-27-21/h5-10,12-14,17,24H,4,11H2,1-3H3,(H2,23,25). The fraction of sp³-hybridized carbons (Fsp3) is 0.318. The van der Waals surface area contributed by atoms with E-state index in [9.17, 15) is 0 Å². The second-order valence-corrected chi connectivity index (χ2v) is 8.22. The number of H-pyrrole nitrogens is 1. The fourth-order valence-corrected chi connectivity index (χ4v) is 4.53. The van der Waals surface area contributed by atoms with E-state index in [2.05, 4.69) is 60.2 Å². The van der Waals surface area contributed by atoms with Crippen LogP contribution in [0.5, 0.6) is 0 Å². The van der Waals surface area contributed by atoms with Crippen molar-refractivity contribution >= 4 is 39.3 Å². The molecule has 0 spiro atoms. The van der Waals surface area contributed by atoms with E-state index in [0.29, 0.717) is 17.9 Å². The SMILES string of the molecule is CCC1CC(c2c[nH]c3ccc(N=C(N)c4cccs4)cc23)=CC(C)N1C. The average Bonchev–Trinajstić information content (AvgIpc) is 3.33. The van der Waals surface area contributed by atoms with Crippen molar-refractivity contribution in [2.24, 2.45) is 10.7 Å². The summed E-state index contributed by atoms with van der Waals surface area (Å²) in [5, 5.41) is 3.23. The highest BCUT2D eigenvalue weighted by molar-refractivity contribution is 7.12. The molecule has 3 aromatic rings. The number of nitrogens with zero attached hydrogens (tertiary/aromatic N) is 2. The molecule has 1 aliphatic rings. The van der Waals surface area contributed by atoms with Crippen LogP contribution < -0.4 is 5.73 Å². The van der Waals surface area contributed by atoms with Gasteiger partial charge in [0.15, 0.2) is 0 Å². The molecule has 0 radical (unpaired) electrons. The zero-order valence-corrected chi connectivity index (χ0v) is 16.9. The Labute approximate surface area is 164 Å². The van der Waals surface area contributed by atoms with Crippen LogP contribution >= 0.6 is 11.3 Å². The maximum atomic E-state index is 6.18. The Morgan fingerprint density at radius 1 is 1.37 bits per heavy atom. The number of aliphatic imine (C=N–C) groups is 1.